The van der Waals surface area contributed by atoms with Crippen molar-refractivity contribution in [3.05, 3.63) is 111 Å². The van der Waals surface area contributed by atoms with Crippen LogP contribution in [-0.2, 0) is 18.5 Å². The number of non-ortho nitro benzene ring substituents is 1. The van der Waals surface area contributed by atoms with Gasteiger partial charge in [0.1, 0.15) is 0 Å². The minimum Gasteiger partial charge on any atom is -0.330 e. The summed E-state index contributed by atoms with van der Waals surface area (Å²) in [6, 6.07) is 23.9. The molecular formula is C25H26N2O3. The topological polar surface area (TPSA) is 63.5 Å². The lowest BCUT2D eigenvalue weighted by Crippen LogP contribution is -2.30. The maximum absolute atomic E-state index is 13.3. The van der Waals surface area contributed by atoms with Gasteiger partial charge >= 0.3 is 0 Å². The number of rotatable bonds is 6. The number of carbonyl (C=O) groups excluding carboxylic acids is 1. The molecule has 154 valence electrons. The normalized spacial score (nSPS) is 11.2. The first-order chi connectivity index (χ1) is 14.2. The fraction of sp³-hybridized carbons (Fsp3) is 0.240. The van der Waals surface area contributed by atoms with Crippen LogP contribution in [0.1, 0.15) is 47.8 Å². The Morgan fingerprint density at radius 1 is 0.867 bits per heavy atom. The molecule has 0 spiro atoms. The van der Waals surface area contributed by atoms with Gasteiger partial charge in [-0.25, -0.2) is 0 Å². The molecule has 3 aromatic rings. The van der Waals surface area contributed by atoms with Crippen LogP contribution in [0.3, 0.4) is 0 Å². The first-order valence-corrected chi connectivity index (χ1v) is 9.91. The molecule has 0 bridgehead atoms. The van der Waals surface area contributed by atoms with E-state index in [0.29, 0.717) is 18.7 Å². The van der Waals surface area contributed by atoms with Gasteiger partial charge in [0.15, 0.2) is 0 Å². The molecule has 30 heavy (non-hydrogen) atoms. The Kier molecular flexibility index (Phi) is 6.31. The molecule has 0 saturated heterocycles. The van der Waals surface area contributed by atoms with E-state index in [-0.39, 0.29) is 17.0 Å². The predicted molar refractivity (Wildman–Crippen MR) is 118 cm³/mol. The van der Waals surface area contributed by atoms with Crippen molar-refractivity contribution in [3.63, 3.8) is 0 Å². The SMILES string of the molecule is CC(C)(C)c1ccc(CN(Cc2ccccc2)C(=O)c2cccc([N+](=O)[O-])c2)cc1. The quantitative estimate of drug-likeness (QED) is 0.390. The van der Waals surface area contributed by atoms with E-state index in [2.05, 4.69) is 32.9 Å². The van der Waals surface area contributed by atoms with Crippen molar-refractivity contribution in [3.8, 4) is 0 Å². The number of nitrogens with zero attached hydrogens (tertiary/aromatic N) is 2. The Labute approximate surface area is 177 Å². The Balaban J connectivity index is 1.89. The zero-order chi connectivity index (χ0) is 21.7. The van der Waals surface area contributed by atoms with Gasteiger partial charge < -0.3 is 4.90 Å². The lowest BCUT2D eigenvalue weighted by atomic mass is 9.87. The highest BCUT2D eigenvalue weighted by molar-refractivity contribution is 5.94. The third-order valence-corrected chi connectivity index (χ3v) is 5.00. The van der Waals surface area contributed by atoms with Crippen LogP contribution in [0, 0.1) is 10.1 Å². The summed E-state index contributed by atoms with van der Waals surface area (Å²) < 4.78 is 0. The number of hydrogen-bond donors (Lipinski definition) is 0. The first kappa shape index (κ1) is 21.2. The maximum atomic E-state index is 13.3. The van der Waals surface area contributed by atoms with Crippen molar-refractivity contribution >= 4 is 11.6 Å². The van der Waals surface area contributed by atoms with E-state index in [4.69, 9.17) is 0 Å². The molecule has 0 unspecified atom stereocenters. The molecule has 0 heterocycles. The summed E-state index contributed by atoms with van der Waals surface area (Å²) in [7, 11) is 0. The van der Waals surface area contributed by atoms with Crippen LogP contribution in [0.5, 0.6) is 0 Å². The number of benzene rings is 3. The third kappa shape index (κ3) is 5.32. The van der Waals surface area contributed by atoms with E-state index in [0.717, 1.165) is 11.1 Å². The van der Waals surface area contributed by atoms with Crippen LogP contribution in [-0.4, -0.2) is 15.7 Å². The lowest BCUT2D eigenvalue weighted by Gasteiger charge is -2.24. The summed E-state index contributed by atoms with van der Waals surface area (Å²) in [6.45, 7) is 7.32. The molecule has 0 fully saturated rings. The minimum absolute atomic E-state index is 0.0566. The molecule has 0 saturated carbocycles. The van der Waals surface area contributed by atoms with Crippen LogP contribution < -0.4 is 0 Å². The Bertz CT molecular complexity index is 1020. The highest BCUT2D eigenvalue weighted by Crippen LogP contribution is 2.23. The smallest absolute Gasteiger partial charge is 0.270 e. The van der Waals surface area contributed by atoms with Crippen LogP contribution >= 0.6 is 0 Å². The van der Waals surface area contributed by atoms with E-state index in [1.54, 1.807) is 17.0 Å². The molecule has 0 aliphatic rings. The zero-order valence-electron chi connectivity index (χ0n) is 17.5. The second-order valence-corrected chi connectivity index (χ2v) is 8.40. The second-order valence-electron chi connectivity index (χ2n) is 8.40. The summed E-state index contributed by atoms with van der Waals surface area (Å²) >= 11 is 0. The average Bonchev–Trinajstić information content (AvgIpc) is 2.73. The van der Waals surface area contributed by atoms with E-state index in [9.17, 15) is 14.9 Å². The van der Waals surface area contributed by atoms with E-state index < -0.39 is 4.92 Å². The Morgan fingerprint density at radius 2 is 1.47 bits per heavy atom. The number of nitro groups is 1. The lowest BCUT2D eigenvalue weighted by molar-refractivity contribution is -0.384. The standard InChI is InChI=1S/C25H26N2O3/c1-25(2,3)22-14-12-20(13-15-22)18-26(17-19-8-5-4-6-9-19)24(28)21-10-7-11-23(16-21)27(29)30/h4-16H,17-18H2,1-3H3. The van der Waals surface area contributed by atoms with Gasteiger partial charge in [-0.05, 0) is 28.2 Å². The molecule has 0 radical (unpaired) electrons. The van der Waals surface area contributed by atoms with Crippen LogP contribution in [0.25, 0.3) is 0 Å². The van der Waals surface area contributed by atoms with Crippen molar-refractivity contribution in [2.75, 3.05) is 0 Å². The summed E-state index contributed by atoms with van der Waals surface area (Å²) in [4.78, 5) is 25.6. The highest BCUT2D eigenvalue weighted by atomic mass is 16.6. The fourth-order valence-electron chi connectivity index (χ4n) is 3.27. The van der Waals surface area contributed by atoms with Gasteiger partial charge in [0, 0.05) is 30.8 Å². The molecule has 0 aliphatic carbocycles. The maximum Gasteiger partial charge on any atom is 0.270 e. The fourth-order valence-corrected chi connectivity index (χ4v) is 3.27. The van der Waals surface area contributed by atoms with Gasteiger partial charge in [-0.3, -0.25) is 14.9 Å². The molecule has 0 aliphatic heterocycles. The van der Waals surface area contributed by atoms with Crippen molar-refractivity contribution < 1.29 is 9.72 Å². The number of carbonyl (C=O) groups is 1. The van der Waals surface area contributed by atoms with Crippen molar-refractivity contribution in [1.29, 1.82) is 0 Å². The average molecular weight is 402 g/mol. The number of hydrogen-bond acceptors (Lipinski definition) is 3. The van der Waals surface area contributed by atoms with Crippen LogP contribution in [0.2, 0.25) is 0 Å². The molecule has 0 N–H and O–H groups in total. The molecule has 1 amide bonds. The van der Waals surface area contributed by atoms with Gasteiger partial charge in [0.2, 0.25) is 0 Å². The van der Waals surface area contributed by atoms with Gasteiger partial charge in [-0.15, -0.1) is 0 Å². The molecule has 0 aromatic heterocycles. The van der Waals surface area contributed by atoms with Crippen LogP contribution in [0.15, 0.2) is 78.9 Å². The first-order valence-electron chi connectivity index (χ1n) is 9.91. The van der Waals surface area contributed by atoms with E-state index in [1.807, 2.05) is 42.5 Å². The largest absolute Gasteiger partial charge is 0.330 e. The summed E-state index contributed by atoms with van der Waals surface area (Å²) in [5, 5.41) is 11.1. The van der Waals surface area contributed by atoms with Crippen molar-refractivity contribution in [2.24, 2.45) is 0 Å². The highest BCUT2D eigenvalue weighted by Gasteiger charge is 2.20. The zero-order valence-corrected chi connectivity index (χ0v) is 17.5. The third-order valence-electron chi connectivity index (χ3n) is 5.00. The van der Waals surface area contributed by atoms with Crippen LogP contribution in [0.4, 0.5) is 5.69 Å². The number of nitro benzene ring substituents is 1. The van der Waals surface area contributed by atoms with E-state index in [1.165, 1.54) is 17.7 Å². The predicted octanol–water partition coefficient (Wildman–Crippen LogP) is 5.73. The molecular weight excluding hydrogens is 376 g/mol. The molecule has 0 atom stereocenters. The van der Waals surface area contributed by atoms with Gasteiger partial charge in [0.25, 0.3) is 11.6 Å². The summed E-state index contributed by atoms with van der Waals surface area (Å²) in [5.41, 5.74) is 3.52. The van der Waals surface area contributed by atoms with Crippen molar-refractivity contribution in [2.45, 2.75) is 39.3 Å². The minimum atomic E-state index is -0.483. The molecule has 3 rings (SSSR count). The summed E-state index contributed by atoms with van der Waals surface area (Å²) in [6.07, 6.45) is 0. The monoisotopic (exact) mass is 402 g/mol. The number of amides is 1. The van der Waals surface area contributed by atoms with E-state index >= 15 is 0 Å². The molecule has 5 nitrogen and oxygen atoms in total. The molecule has 3 aromatic carbocycles. The second kappa shape index (κ2) is 8.91. The molecule has 5 heteroatoms. The summed E-state index contributed by atoms with van der Waals surface area (Å²) in [5.74, 6) is -0.234. The van der Waals surface area contributed by atoms with Crippen molar-refractivity contribution in [1.82, 2.24) is 4.90 Å². The van der Waals surface area contributed by atoms with Gasteiger partial charge in [0.05, 0.1) is 4.92 Å². The van der Waals surface area contributed by atoms with Gasteiger partial charge in [-0.1, -0.05) is 81.4 Å². The Morgan fingerprint density at radius 3 is 2.03 bits per heavy atom. The van der Waals surface area contributed by atoms with Gasteiger partial charge in [-0.2, -0.15) is 0 Å². The Hall–Kier alpha value is -3.47.